The van der Waals surface area contributed by atoms with Crippen molar-refractivity contribution in [3.8, 4) is 6.07 Å². The average molecular weight is 326 g/mol. The Morgan fingerprint density at radius 1 is 1.43 bits per heavy atom. The van der Waals surface area contributed by atoms with E-state index in [1.165, 1.54) is 7.11 Å². The van der Waals surface area contributed by atoms with Crippen molar-refractivity contribution in [1.82, 2.24) is 0 Å². The van der Waals surface area contributed by atoms with Crippen molar-refractivity contribution >= 4 is 35.0 Å². The first-order valence-electron chi connectivity index (χ1n) is 6.41. The Hall–Kier alpha value is -1.57. The maximum absolute atomic E-state index is 11.9. The molecule has 6 heteroatoms. The van der Waals surface area contributed by atoms with Gasteiger partial charge in [0.2, 0.25) is 0 Å². The second kappa shape index (κ2) is 6.05. The van der Waals surface area contributed by atoms with Crippen LogP contribution in [0.25, 0.3) is 0 Å². The minimum atomic E-state index is -0.930. The van der Waals surface area contributed by atoms with Crippen LogP contribution < -0.4 is 0 Å². The summed E-state index contributed by atoms with van der Waals surface area (Å²) in [7, 11) is 1.23. The maximum atomic E-state index is 11.9. The summed E-state index contributed by atoms with van der Waals surface area (Å²) in [6.07, 6.45) is 0.619. The van der Waals surface area contributed by atoms with Crippen molar-refractivity contribution < 1.29 is 14.3 Å². The molecule has 2 atom stereocenters. The van der Waals surface area contributed by atoms with Crippen molar-refractivity contribution in [3.63, 3.8) is 0 Å². The zero-order chi connectivity index (χ0) is 15.6. The van der Waals surface area contributed by atoms with Crippen LogP contribution in [0.4, 0.5) is 0 Å². The Kier molecular flexibility index (Phi) is 4.55. The van der Waals surface area contributed by atoms with Gasteiger partial charge in [0.15, 0.2) is 0 Å². The Balaban J connectivity index is 2.42. The van der Waals surface area contributed by atoms with Gasteiger partial charge < -0.3 is 4.74 Å². The molecule has 0 aromatic heterocycles. The van der Waals surface area contributed by atoms with Crippen LogP contribution in [0.2, 0.25) is 10.0 Å². The average Bonchev–Trinajstić information content (AvgIpc) is 2.50. The molecule has 0 bridgehead atoms. The van der Waals surface area contributed by atoms with E-state index < -0.39 is 17.3 Å². The third kappa shape index (κ3) is 2.90. The van der Waals surface area contributed by atoms with E-state index in [0.717, 1.165) is 0 Å². The normalized spacial score (nSPS) is 25.2. The van der Waals surface area contributed by atoms with Crippen molar-refractivity contribution in [1.29, 1.82) is 5.26 Å². The summed E-state index contributed by atoms with van der Waals surface area (Å²) in [6.45, 7) is 0. The van der Waals surface area contributed by atoms with Gasteiger partial charge in [-0.1, -0.05) is 29.3 Å². The van der Waals surface area contributed by atoms with Crippen LogP contribution in [-0.2, 0) is 19.7 Å². The van der Waals surface area contributed by atoms with E-state index in [2.05, 4.69) is 10.8 Å². The number of rotatable bonds is 2. The number of hydrogen-bond acceptors (Lipinski definition) is 4. The Bertz CT molecular complexity index is 630. The predicted octanol–water partition coefficient (Wildman–Crippen LogP) is 3.30. The molecule has 0 N–H and O–H groups in total. The van der Waals surface area contributed by atoms with Gasteiger partial charge >= 0.3 is 5.97 Å². The maximum Gasteiger partial charge on any atom is 0.316 e. The molecule has 1 aromatic rings. The molecule has 0 heterocycles. The Labute approximate surface area is 132 Å². The van der Waals surface area contributed by atoms with Crippen LogP contribution in [0.1, 0.15) is 24.8 Å². The van der Waals surface area contributed by atoms with Gasteiger partial charge in [0, 0.05) is 6.42 Å². The van der Waals surface area contributed by atoms with E-state index in [1.807, 2.05) is 0 Å². The molecular formula is C15H13Cl2NO3. The molecule has 4 nitrogen and oxygen atoms in total. The number of carbonyl (C=O) groups excluding carboxylic acids is 2. The highest BCUT2D eigenvalue weighted by molar-refractivity contribution is 6.42. The lowest BCUT2D eigenvalue weighted by Gasteiger charge is -2.34. The van der Waals surface area contributed by atoms with Crippen LogP contribution in [0, 0.1) is 17.2 Å². The van der Waals surface area contributed by atoms with Crippen molar-refractivity contribution in [2.45, 2.75) is 24.7 Å². The fraction of sp³-hybridized carbons (Fsp3) is 0.400. The number of methoxy groups -OCH3 is 1. The van der Waals surface area contributed by atoms with E-state index in [-0.39, 0.29) is 18.6 Å². The third-order valence-electron chi connectivity index (χ3n) is 3.91. The fourth-order valence-corrected chi connectivity index (χ4v) is 2.95. The SMILES string of the molecule is COC(=O)[C@@H]1C[C@@](C#N)(c2ccc(Cl)c(Cl)c2)CCC1=O. The molecule has 0 unspecified atom stereocenters. The summed E-state index contributed by atoms with van der Waals surface area (Å²) in [5.74, 6) is -1.69. The molecule has 1 aromatic carbocycles. The number of hydrogen-bond donors (Lipinski definition) is 0. The largest absolute Gasteiger partial charge is 0.468 e. The number of ketones is 1. The van der Waals surface area contributed by atoms with E-state index in [1.54, 1.807) is 18.2 Å². The first-order valence-corrected chi connectivity index (χ1v) is 7.16. The summed E-state index contributed by atoms with van der Waals surface area (Å²) >= 11 is 11.9. The summed E-state index contributed by atoms with van der Waals surface area (Å²) in [4.78, 5) is 23.6. The van der Waals surface area contributed by atoms with Crippen LogP contribution >= 0.6 is 23.2 Å². The smallest absolute Gasteiger partial charge is 0.316 e. The highest BCUT2D eigenvalue weighted by atomic mass is 35.5. The predicted molar refractivity (Wildman–Crippen MR) is 78.1 cm³/mol. The number of benzene rings is 1. The van der Waals surface area contributed by atoms with Gasteiger partial charge in [-0.05, 0) is 30.5 Å². The molecule has 0 spiro atoms. The number of ether oxygens (including phenoxy) is 1. The first kappa shape index (κ1) is 15.8. The van der Waals surface area contributed by atoms with Gasteiger partial charge in [0.25, 0.3) is 0 Å². The molecule has 0 aliphatic heterocycles. The quantitative estimate of drug-likeness (QED) is 0.618. The van der Waals surface area contributed by atoms with Gasteiger partial charge in [0.1, 0.15) is 11.7 Å². The van der Waals surface area contributed by atoms with E-state index in [9.17, 15) is 14.9 Å². The number of Topliss-reactive ketones (excluding diaryl/α,β-unsaturated/α-hetero) is 1. The fourth-order valence-electron chi connectivity index (χ4n) is 2.65. The lowest BCUT2D eigenvalue weighted by molar-refractivity contribution is -0.151. The number of esters is 1. The Morgan fingerprint density at radius 2 is 2.14 bits per heavy atom. The molecular weight excluding hydrogens is 313 g/mol. The van der Waals surface area contributed by atoms with Crippen molar-refractivity contribution in [3.05, 3.63) is 33.8 Å². The highest BCUT2D eigenvalue weighted by Gasteiger charge is 2.45. The minimum Gasteiger partial charge on any atom is -0.468 e. The summed E-state index contributed by atoms with van der Waals surface area (Å²) in [6, 6.07) is 7.19. The van der Waals surface area contributed by atoms with Gasteiger partial charge in [-0.3, -0.25) is 9.59 Å². The summed E-state index contributed by atoms with van der Waals surface area (Å²) < 4.78 is 4.66. The first-order chi connectivity index (χ1) is 9.93. The van der Waals surface area contributed by atoms with Crippen LogP contribution in [0.15, 0.2) is 18.2 Å². The van der Waals surface area contributed by atoms with Crippen molar-refractivity contribution in [2.24, 2.45) is 5.92 Å². The number of nitrogens with zero attached hydrogens (tertiary/aromatic N) is 1. The minimum absolute atomic E-state index is 0.104. The van der Waals surface area contributed by atoms with Crippen LogP contribution in [0.3, 0.4) is 0 Å². The monoisotopic (exact) mass is 325 g/mol. The van der Waals surface area contributed by atoms with Gasteiger partial charge in [-0.25, -0.2) is 0 Å². The zero-order valence-corrected chi connectivity index (χ0v) is 12.9. The van der Waals surface area contributed by atoms with E-state index in [0.29, 0.717) is 22.0 Å². The topological polar surface area (TPSA) is 67.2 Å². The highest BCUT2D eigenvalue weighted by Crippen LogP contribution is 2.42. The standard InChI is InChI=1S/C15H13Cl2NO3/c1-21-14(20)10-7-15(8-18,5-4-13(10)19)9-2-3-11(16)12(17)6-9/h2-3,6,10H,4-5,7H2,1H3/t10-,15+/m1/s1. The van der Waals surface area contributed by atoms with Gasteiger partial charge in [-0.2, -0.15) is 5.26 Å². The van der Waals surface area contributed by atoms with Gasteiger partial charge in [-0.15, -0.1) is 0 Å². The lowest BCUT2D eigenvalue weighted by Crippen LogP contribution is -2.40. The van der Waals surface area contributed by atoms with Gasteiger partial charge in [0.05, 0.1) is 28.6 Å². The second-order valence-corrected chi connectivity index (χ2v) is 5.88. The molecule has 110 valence electrons. The number of nitriles is 1. The second-order valence-electron chi connectivity index (χ2n) is 5.07. The number of halogens is 2. The molecule has 1 fully saturated rings. The Morgan fingerprint density at radius 3 is 2.71 bits per heavy atom. The zero-order valence-electron chi connectivity index (χ0n) is 11.4. The van der Waals surface area contributed by atoms with Crippen LogP contribution in [0.5, 0.6) is 0 Å². The summed E-state index contributed by atoms with van der Waals surface area (Å²) in [5, 5.41) is 10.4. The molecule has 21 heavy (non-hydrogen) atoms. The molecule has 1 aliphatic carbocycles. The molecule has 0 radical (unpaired) electrons. The van der Waals surface area contributed by atoms with Crippen molar-refractivity contribution in [2.75, 3.05) is 7.11 Å². The lowest BCUT2D eigenvalue weighted by atomic mass is 9.66. The van der Waals surface area contributed by atoms with E-state index in [4.69, 9.17) is 23.2 Å². The molecule has 1 saturated carbocycles. The molecule has 0 saturated heterocycles. The third-order valence-corrected chi connectivity index (χ3v) is 4.65. The summed E-state index contributed by atoms with van der Waals surface area (Å²) in [5.41, 5.74) is -0.262. The van der Waals surface area contributed by atoms with Crippen LogP contribution in [-0.4, -0.2) is 18.9 Å². The van der Waals surface area contributed by atoms with E-state index >= 15 is 0 Å². The number of carbonyl (C=O) groups is 2. The molecule has 0 amide bonds. The molecule has 1 aliphatic rings. The molecule has 2 rings (SSSR count).